The van der Waals surface area contributed by atoms with Crippen molar-refractivity contribution in [3.63, 3.8) is 0 Å². The Labute approximate surface area is 128 Å². The van der Waals surface area contributed by atoms with Gasteiger partial charge in [-0.15, -0.1) is 0 Å². The molecule has 3 rings (SSSR count). The van der Waals surface area contributed by atoms with Crippen molar-refractivity contribution in [1.29, 1.82) is 0 Å². The maximum absolute atomic E-state index is 12.2. The van der Waals surface area contributed by atoms with Crippen LogP contribution in [0.2, 0.25) is 0 Å². The summed E-state index contributed by atoms with van der Waals surface area (Å²) in [5.74, 6) is 0. The topological polar surface area (TPSA) is 53.1 Å². The Morgan fingerprint density at radius 1 is 1.38 bits per heavy atom. The summed E-state index contributed by atoms with van der Waals surface area (Å²) in [6.07, 6.45) is 1.88. The summed E-state index contributed by atoms with van der Waals surface area (Å²) in [5.41, 5.74) is 1.90. The Morgan fingerprint density at radius 2 is 2.10 bits per heavy atom. The average Bonchev–Trinajstić information content (AvgIpc) is 2.83. The number of para-hydroxylation sites is 2. The maximum Gasteiger partial charge on any atom is 0.326 e. The maximum atomic E-state index is 12.2. The number of nitrogens with one attached hydrogen (secondary N) is 2. The van der Waals surface area contributed by atoms with Gasteiger partial charge in [-0.2, -0.15) is 0 Å². The third-order valence-corrected chi connectivity index (χ3v) is 4.47. The Hall–Kier alpha value is -1.82. The molecule has 1 fully saturated rings. The van der Waals surface area contributed by atoms with Crippen LogP contribution in [0.5, 0.6) is 0 Å². The van der Waals surface area contributed by atoms with E-state index in [4.69, 9.17) is 12.2 Å². The number of piperidine rings is 1. The summed E-state index contributed by atoms with van der Waals surface area (Å²) < 4.78 is 1.91. The summed E-state index contributed by atoms with van der Waals surface area (Å²) in [5, 5.41) is 4.01. The van der Waals surface area contributed by atoms with Crippen LogP contribution in [0.1, 0.15) is 25.8 Å². The van der Waals surface area contributed by atoms with Gasteiger partial charge >= 0.3 is 5.69 Å². The second-order valence-electron chi connectivity index (χ2n) is 5.37. The fourth-order valence-corrected chi connectivity index (χ4v) is 3.35. The number of likely N-dealkylation sites (tertiary alicyclic amines) is 1. The van der Waals surface area contributed by atoms with E-state index >= 15 is 0 Å². The van der Waals surface area contributed by atoms with Crippen molar-refractivity contribution in [2.75, 3.05) is 19.6 Å². The molecule has 2 N–H and O–H groups in total. The number of benzene rings is 1. The Bertz CT molecular complexity index is 697. The van der Waals surface area contributed by atoms with E-state index in [1.165, 1.54) is 0 Å². The summed E-state index contributed by atoms with van der Waals surface area (Å²) in [6.45, 7) is 4.68. The van der Waals surface area contributed by atoms with Crippen LogP contribution in [0.4, 0.5) is 0 Å². The number of imidazole rings is 1. The van der Waals surface area contributed by atoms with E-state index in [1.807, 2.05) is 35.8 Å². The third kappa shape index (κ3) is 2.68. The zero-order valence-electron chi connectivity index (χ0n) is 12.1. The first-order chi connectivity index (χ1) is 10.2. The van der Waals surface area contributed by atoms with Crippen molar-refractivity contribution in [3.8, 4) is 0 Å². The first-order valence-electron chi connectivity index (χ1n) is 7.42. The molecule has 5 nitrogen and oxygen atoms in total. The van der Waals surface area contributed by atoms with Gasteiger partial charge in [0.25, 0.3) is 0 Å². The zero-order chi connectivity index (χ0) is 14.8. The lowest BCUT2D eigenvalue weighted by Crippen LogP contribution is -2.45. The van der Waals surface area contributed by atoms with Crippen molar-refractivity contribution in [2.24, 2.45) is 0 Å². The molecule has 1 aromatic heterocycles. The van der Waals surface area contributed by atoms with E-state index in [2.05, 4.69) is 15.2 Å². The van der Waals surface area contributed by atoms with Crippen molar-refractivity contribution < 1.29 is 0 Å². The minimum atomic E-state index is -0.0103. The van der Waals surface area contributed by atoms with Gasteiger partial charge in [0.15, 0.2) is 5.11 Å². The van der Waals surface area contributed by atoms with E-state index in [0.717, 1.165) is 48.6 Å². The molecule has 0 radical (unpaired) electrons. The van der Waals surface area contributed by atoms with Gasteiger partial charge in [-0.05, 0) is 44.1 Å². The molecule has 1 aromatic carbocycles. The number of nitrogens with zero attached hydrogens (tertiary/aromatic N) is 2. The number of aromatic nitrogens is 2. The fourth-order valence-electron chi connectivity index (χ4n) is 3.03. The SMILES string of the molecule is CCNC(=S)N1CCC(n2c(=O)[nH]c3ccccc32)CC1. The van der Waals surface area contributed by atoms with Gasteiger partial charge in [0, 0.05) is 25.7 Å². The molecule has 0 atom stereocenters. The molecular weight excluding hydrogens is 284 g/mol. The van der Waals surface area contributed by atoms with E-state index in [9.17, 15) is 4.79 Å². The first-order valence-corrected chi connectivity index (χ1v) is 7.83. The summed E-state index contributed by atoms with van der Waals surface area (Å²) >= 11 is 5.35. The summed E-state index contributed by atoms with van der Waals surface area (Å²) in [7, 11) is 0. The smallest absolute Gasteiger partial charge is 0.326 e. The predicted molar refractivity (Wildman–Crippen MR) is 88.7 cm³/mol. The van der Waals surface area contributed by atoms with Gasteiger partial charge in [0.1, 0.15) is 0 Å². The molecule has 6 heteroatoms. The van der Waals surface area contributed by atoms with Crippen LogP contribution < -0.4 is 11.0 Å². The van der Waals surface area contributed by atoms with E-state index in [1.54, 1.807) is 0 Å². The van der Waals surface area contributed by atoms with E-state index < -0.39 is 0 Å². The Balaban J connectivity index is 1.79. The van der Waals surface area contributed by atoms with Crippen LogP contribution >= 0.6 is 12.2 Å². The molecule has 21 heavy (non-hydrogen) atoms. The molecule has 0 bridgehead atoms. The normalized spacial score (nSPS) is 16.3. The Kier molecular flexibility index (Phi) is 3.96. The molecule has 1 saturated heterocycles. The standard InChI is InChI=1S/C15H20N4OS/c1-2-16-15(21)18-9-7-11(8-10-18)19-13-6-4-3-5-12(13)17-14(19)20/h3-6,11H,2,7-10H2,1H3,(H,16,21)(H,17,20). The third-order valence-electron chi connectivity index (χ3n) is 4.07. The number of rotatable bonds is 2. The van der Waals surface area contributed by atoms with Crippen LogP contribution in [0.25, 0.3) is 11.0 Å². The van der Waals surface area contributed by atoms with Crippen LogP contribution in [0.15, 0.2) is 29.1 Å². The molecule has 112 valence electrons. The molecule has 1 aliphatic rings. The molecule has 1 aliphatic heterocycles. The van der Waals surface area contributed by atoms with Gasteiger partial charge < -0.3 is 15.2 Å². The lowest BCUT2D eigenvalue weighted by Gasteiger charge is -2.34. The lowest BCUT2D eigenvalue weighted by atomic mass is 10.0. The minimum absolute atomic E-state index is 0.0103. The van der Waals surface area contributed by atoms with Crippen LogP contribution in [-0.4, -0.2) is 39.2 Å². The predicted octanol–water partition coefficient (Wildman–Crippen LogP) is 1.86. The molecule has 0 aliphatic carbocycles. The van der Waals surface area contributed by atoms with Crippen LogP contribution in [0.3, 0.4) is 0 Å². The number of fused-ring (bicyclic) bond motifs is 1. The second kappa shape index (κ2) is 5.89. The number of hydrogen-bond acceptors (Lipinski definition) is 2. The highest BCUT2D eigenvalue weighted by atomic mass is 32.1. The zero-order valence-corrected chi connectivity index (χ0v) is 12.9. The van der Waals surface area contributed by atoms with Crippen molar-refractivity contribution in [1.82, 2.24) is 19.8 Å². The summed E-state index contributed by atoms with van der Waals surface area (Å²) in [4.78, 5) is 17.3. The van der Waals surface area contributed by atoms with Gasteiger partial charge in [-0.1, -0.05) is 12.1 Å². The average molecular weight is 304 g/mol. The van der Waals surface area contributed by atoms with E-state index in [-0.39, 0.29) is 11.7 Å². The van der Waals surface area contributed by atoms with E-state index in [0.29, 0.717) is 0 Å². The minimum Gasteiger partial charge on any atom is -0.363 e. The molecule has 0 unspecified atom stereocenters. The highest BCUT2D eigenvalue weighted by molar-refractivity contribution is 7.80. The van der Waals surface area contributed by atoms with Crippen LogP contribution in [-0.2, 0) is 0 Å². The molecule has 0 saturated carbocycles. The number of H-pyrrole nitrogens is 1. The first kappa shape index (κ1) is 14.1. The molecule has 2 heterocycles. The van der Waals surface area contributed by atoms with Gasteiger partial charge in [0.05, 0.1) is 11.0 Å². The largest absolute Gasteiger partial charge is 0.363 e. The lowest BCUT2D eigenvalue weighted by molar-refractivity contribution is 0.265. The van der Waals surface area contributed by atoms with Gasteiger partial charge in [0.2, 0.25) is 0 Å². The van der Waals surface area contributed by atoms with Gasteiger partial charge in [-0.3, -0.25) is 4.57 Å². The molecular formula is C15H20N4OS. The highest BCUT2D eigenvalue weighted by Gasteiger charge is 2.24. The van der Waals surface area contributed by atoms with Crippen molar-refractivity contribution in [3.05, 3.63) is 34.7 Å². The van der Waals surface area contributed by atoms with Gasteiger partial charge in [-0.25, -0.2) is 4.79 Å². The monoisotopic (exact) mass is 304 g/mol. The highest BCUT2D eigenvalue weighted by Crippen LogP contribution is 2.24. The Morgan fingerprint density at radius 3 is 2.81 bits per heavy atom. The van der Waals surface area contributed by atoms with Crippen molar-refractivity contribution in [2.45, 2.75) is 25.8 Å². The molecule has 0 spiro atoms. The fraction of sp³-hybridized carbons (Fsp3) is 0.467. The molecule has 2 aromatic rings. The number of hydrogen-bond donors (Lipinski definition) is 2. The van der Waals surface area contributed by atoms with Crippen LogP contribution in [0, 0.1) is 0 Å². The molecule has 0 amide bonds. The number of aromatic amines is 1. The summed E-state index contributed by atoms with van der Waals surface area (Å²) in [6, 6.07) is 8.11. The quantitative estimate of drug-likeness (QED) is 0.832. The number of thiocarbonyl (C=S) groups is 1. The second-order valence-corrected chi connectivity index (χ2v) is 5.76. The van der Waals surface area contributed by atoms with Crippen molar-refractivity contribution >= 4 is 28.4 Å².